The molecule has 2 rings (SSSR count). The number of phenolic OH excluding ortho intramolecular Hbond substituents is 1. The number of aryl methyl sites for hydroxylation is 1. The Labute approximate surface area is 102 Å². The molecule has 1 heterocycles. The maximum absolute atomic E-state index is 10.0. The third kappa shape index (κ3) is 2.33. The average Bonchev–Trinajstić information content (AvgIpc) is 2.33. The molecular formula is C13H18ClNO. The van der Waals surface area contributed by atoms with Crippen LogP contribution in [0.3, 0.4) is 0 Å². The van der Waals surface area contributed by atoms with Gasteiger partial charge in [-0.3, -0.25) is 0 Å². The minimum atomic E-state index is 0.283. The number of phenols is 1. The highest BCUT2D eigenvalue weighted by molar-refractivity contribution is 6.32. The van der Waals surface area contributed by atoms with Gasteiger partial charge in [-0.25, -0.2) is 0 Å². The Morgan fingerprint density at radius 2 is 2.06 bits per heavy atom. The molecule has 0 aliphatic carbocycles. The number of piperidine rings is 1. The van der Waals surface area contributed by atoms with Gasteiger partial charge in [-0.1, -0.05) is 24.6 Å². The first-order valence-corrected chi connectivity index (χ1v) is 6.32. The van der Waals surface area contributed by atoms with Crippen LogP contribution in [-0.4, -0.2) is 18.2 Å². The summed E-state index contributed by atoms with van der Waals surface area (Å²) in [7, 11) is 0. The van der Waals surface area contributed by atoms with Crippen molar-refractivity contribution in [3.8, 4) is 5.75 Å². The van der Waals surface area contributed by atoms with Gasteiger partial charge in [0.05, 0.1) is 5.02 Å². The lowest BCUT2D eigenvalue weighted by atomic mass is 9.88. The number of aromatic hydroxyl groups is 1. The molecule has 1 aromatic rings. The van der Waals surface area contributed by atoms with Crippen molar-refractivity contribution in [3.05, 3.63) is 28.3 Å². The number of halogens is 1. The van der Waals surface area contributed by atoms with Crippen LogP contribution in [0.25, 0.3) is 0 Å². The van der Waals surface area contributed by atoms with Crippen LogP contribution in [0.4, 0.5) is 0 Å². The Hall–Kier alpha value is -0.730. The molecule has 16 heavy (non-hydrogen) atoms. The molecule has 0 aromatic heterocycles. The molecule has 0 amide bonds. The molecule has 1 aliphatic rings. The molecule has 2 nitrogen and oxygen atoms in total. The highest BCUT2D eigenvalue weighted by atomic mass is 35.5. The highest BCUT2D eigenvalue weighted by Gasteiger charge is 2.20. The molecule has 88 valence electrons. The summed E-state index contributed by atoms with van der Waals surface area (Å²) in [6.07, 6.45) is 3.12. The van der Waals surface area contributed by atoms with Crippen LogP contribution in [0, 0.1) is 0 Å². The van der Waals surface area contributed by atoms with Gasteiger partial charge < -0.3 is 10.4 Å². The van der Waals surface area contributed by atoms with Gasteiger partial charge in [0.2, 0.25) is 0 Å². The van der Waals surface area contributed by atoms with Gasteiger partial charge in [-0.15, -0.1) is 0 Å². The normalized spacial score (nSPS) is 17.6. The lowest BCUT2D eigenvalue weighted by Gasteiger charge is -2.24. The summed E-state index contributed by atoms with van der Waals surface area (Å²) in [6, 6.07) is 3.97. The first kappa shape index (κ1) is 11.7. The van der Waals surface area contributed by atoms with Crippen molar-refractivity contribution in [2.75, 3.05) is 13.1 Å². The fourth-order valence-electron chi connectivity index (χ4n) is 2.33. The second-order valence-electron chi connectivity index (χ2n) is 4.39. The molecule has 0 saturated carbocycles. The fraction of sp³-hybridized carbons (Fsp3) is 0.538. The molecular weight excluding hydrogens is 222 g/mol. The molecule has 0 unspecified atom stereocenters. The van der Waals surface area contributed by atoms with Crippen LogP contribution in [0.1, 0.15) is 36.8 Å². The SMILES string of the molecule is CCc1cc(Cl)c(O)c(C2CCNCC2)c1. The zero-order chi connectivity index (χ0) is 11.5. The summed E-state index contributed by atoms with van der Waals surface area (Å²) < 4.78 is 0. The van der Waals surface area contributed by atoms with Crippen molar-refractivity contribution in [2.24, 2.45) is 0 Å². The molecule has 0 spiro atoms. The predicted octanol–water partition coefficient (Wildman–Crippen LogP) is 3.08. The summed E-state index contributed by atoms with van der Waals surface area (Å²) >= 11 is 6.05. The maximum Gasteiger partial charge on any atom is 0.137 e. The maximum atomic E-state index is 10.0. The molecule has 1 saturated heterocycles. The van der Waals surface area contributed by atoms with E-state index >= 15 is 0 Å². The van der Waals surface area contributed by atoms with Crippen molar-refractivity contribution in [2.45, 2.75) is 32.1 Å². The number of hydrogen-bond donors (Lipinski definition) is 2. The second kappa shape index (κ2) is 5.07. The molecule has 0 radical (unpaired) electrons. The summed E-state index contributed by atoms with van der Waals surface area (Å²) in [5, 5.41) is 13.8. The summed E-state index contributed by atoms with van der Waals surface area (Å²) in [5.41, 5.74) is 2.24. The van der Waals surface area contributed by atoms with Crippen LogP contribution in [0.2, 0.25) is 5.02 Å². The Kier molecular flexibility index (Phi) is 3.72. The van der Waals surface area contributed by atoms with E-state index in [1.807, 2.05) is 6.07 Å². The van der Waals surface area contributed by atoms with Crippen molar-refractivity contribution < 1.29 is 5.11 Å². The van der Waals surface area contributed by atoms with Gasteiger partial charge in [0.25, 0.3) is 0 Å². The van der Waals surface area contributed by atoms with Crippen molar-refractivity contribution >= 4 is 11.6 Å². The standard InChI is InChI=1S/C13H18ClNO/c1-2-9-7-11(13(16)12(14)8-9)10-3-5-15-6-4-10/h7-8,10,15-16H,2-6H2,1H3. The van der Waals surface area contributed by atoms with Gasteiger partial charge in [0.1, 0.15) is 5.75 Å². The quantitative estimate of drug-likeness (QED) is 0.832. The van der Waals surface area contributed by atoms with E-state index in [1.54, 1.807) is 0 Å². The highest BCUT2D eigenvalue weighted by Crippen LogP contribution is 2.37. The van der Waals surface area contributed by atoms with Gasteiger partial charge in [0.15, 0.2) is 0 Å². The molecule has 0 bridgehead atoms. The average molecular weight is 240 g/mol. The zero-order valence-corrected chi connectivity index (χ0v) is 10.3. The fourth-order valence-corrected chi connectivity index (χ4v) is 2.58. The van der Waals surface area contributed by atoms with E-state index in [2.05, 4.69) is 18.3 Å². The first-order chi connectivity index (χ1) is 7.72. The second-order valence-corrected chi connectivity index (χ2v) is 4.80. The van der Waals surface area contributed by atoms with E-state index in [-0.39, 0.29) is 5.75 Å². The first-order valence-electron chi connectivity index (χ1n) is 5.94. The van der Waals surface area contributed by atoms with Gasteiger partial charge >= 0.3 is 0 Å². The topological polar surface area (TPSA) is 32.3 Å². The van der Waals surface area contributed by atoms with Gasteiger partial charge in [0, 0.05) is 0 Å². The summed E-state index contributed by atoms with van der Waals surface area (Å²) in [5.74, 6) is 0.732. The van der Waals surface area contributed by atoms with Gasteiger partial charge in [-0.05, 0) is 55.5 Å². The Balaban J connectivity index is 2.33. The largest absolute Gasteiger partial charge is 0.506 e. The number of benzene rings is 1. The third-order valence-corrected chi connectivity index (χ3v) is 3.63. The van der Waals surface area contributed by atoms with E-state index in [0.717, 1.165) is 37.9 Å². The number of rotatable bonds is 2. The van der Waals surface area contributed by atoms with Crippen LogP contribution < -0.4 is 5.32 Å². The monoisotopic (exact) mass is 239 g/mol. The van der Waals surface area contributed by atoms with Crippen LogP contribution in [-0.2, 0) is 6.42 Å². The molecule has 2 N–H and O–H groups in total. The Bertz CT molecular complexity index is 372. The van der Waals surface area contributed by atoms with E-state index < -0.39 is 0 Å². The van der Waals surface area contributed by atoms with Crippen LogP contribution >= 0.6 is 11.6 Å². The minimum Gasteiger partial charge on any atom is -0.506 e. The van der Waals surface area contributed by atoms with Gasteiger partial charge in [-0.2, -0.15) is 0 Å². The molecule has 0 atom stereocenters. The van der Waals surface area contributed by atoms with E-state index in [0.29, 0.717) is 10.9 Å². The van der Waals surface area contributed by atoms with Crippen molar-refractivity contribution in [3.63, 3.8) is 0 Å². The summed E-state index contributed by atoms with van der Waals surface area (Å²) in [6.45, 7) is 4.16. The van der Waals surface area contributed by atoms with E-state index in [1.165, 1.54) is 5.56 Å². The molecule has 1 aliphatic heterocycles. The van der Waals surface area contributed by atoms with Crippen LogP contribution in [0.15, 0.2) is 12.1 Å². The Morgan fingerprint density at radius 1 is 1.38 bits per heavy atom. The van der Waals surface area contributed by atoms with E-state index in [4.69, 9.17) is 11.6 Å². The van der Waals surface area contributed by atoms with Crippen LogP contribution in [0.5, 0.6) is 5.75 Å². The minimum absolute atomic E-state index is 0.283. The van der Waals surface area contributed by atoms with Crippen molar-refractivity contribution in [1.82, 2.24) is 5.32 Å². The third-order valence-electron chi connectivity index (χ3n) is 3.34. The predicted molar refractivity (Wildman–Crippen MR) is 67.3 cm³/mol. The Morgan fingerprint density at radius 3 is 2.69 bits per heavy atom. The summed E-state index contributed by atoms with van der Waals surface area (Å²) in [4.78, 5) is 0. The lowest BCUT2D eigenvalue weighted by molar-refractivity contribution is 0.424. The zero-order valence-electron chi connectivity index (χ0n) is 9.59. The lowest BCUT2D eigenvalue weighted by Crippen LogP contribution is -2.26. The molecule has 1 aromatic carbocycles. The number of hydrogen-bond acceptors (Lipinski definition) is 2. The molecule has 3 heteroatoms. The van der Waals surface area contributed by atoms with E-state index in [9.17, 15) is 5.11 Å². The number of nitrogens with one attached hydrogen (secondary N) is 1. The molecule has 1 fully saturated rings. The smallest absolute Gasteiger partial charge is 0.137 e. The van der Waals surface area contributed by atoms with Crippen molar-refractivity contribution in [1.29, 1.82) is 0 Å².